The van der Waals surface area contributed by atoms with Gasteiger partial charge in [0.25, 0.3) is 0 Å². The SMILES string of the molecule is CCC1CCC(SC2N(C)N=NN2C)CC1. The summed E-state index contributed by atoms with van der Waals surface area (Å²) in [4.78, 5) is 0. The van der Waals surface area contributed by atoms with Crippen LogP contribution < -0.4 is 0 Å². The molecule has 0 saturated heterocycles. The summed E-state index contributed by atoms with van der Waals surface area (Å²) < 4.78 is 0. The summed E-state index contributed by atoms with van der Waals surface area (Å²) in [7, 11) is 4.00. The van der Waals surface area contributed by atoms with Crippen LogP contribution in [0.25, 0.3) is 0 Å². The van der Waals surface area contributed by atoms with Gasteiger partial charge in [-0.05, 0) is 31.6 Å². The third-order valence-electron chi connectivity index (χ3n) is 3.65. The molecule has 2 aliphatic rings. The van der Waals surface area contributed by atoms with Crippen LogP contribution in [0.5, 0.6) is 0 Å². The molecule has 0 spiro atoms. The highest BCUT2D eigenvalue weighted by Gasteiger charge is 2.30. The predicted molar refractivity (Wildman–Crippen MR) is 67.8 cm³/mol. The molecule has 2 rings (SSSR count). The highest BCUT2D eigenvalue weighted by molar-refractivity contribution is 8.00. The smallest absolute Gasteiger partial charge is 0.184 e. The van der Waals surface area contributed by atoms with Crippen LogP contribution in [0.1, 0.15) is 39.0 Å². The Morgan fingerprint density at radius 3 is 2.12 bits per heavy atom. The first-order valence-corrected chi connectivity index (χ1v) is 7.17. The zero-order valence-electron chi connectivity index (χ0n) is 10.5. The molecule has 92 valence electrons. The standard InChI is InChI=1S/C11H22N4S/c1-4-9-5-7-10(8-6-9)16-11-14(2)12-13-15(11)3/h9-11H,4-8H2,1-3H3. The van der Waals surface area contributed by atoms with Crippen LogP contribution in [0.15, 0.2) is 10.4 Å². The van der Waals surface area contributed by atoms with Crippen molar-refractivity contribution < 1.29 is 0 Å². The Bertz CT molecular complexity index is 238. The van der Waals surface area contributed by atoms with Crippen LogP contribution >= 0.6 is 11.8 Å². The van der Waals surface area contributed by atoms with Gasteiger partial charge < -0.3 is 0 Å². The van der Waals surface area contributed by atoms with Crippen molar-refractivity contribution in [2.75, 3.05) is 14.1 Å². The molecular formula is C11H22N4S. The van der Waals surface area contributed by atoms with Crippen molar-refractivity contribution in [2.45, 2.75) is 49.8 Å². The minimum atomic E-state index is 0.308. The van der Waals surface area contributed by atoms with Gasteiger partial charge in [-0.3, -0.25) is 0 Å². The van der Waals surface area contributed by atoms with Gasteiger partial charge >= 0.3 is 0 Å². The highest BCUT2D eigenvalue weighted by atomic mass is 32.2. The highest BCUT2D eigenvalue weighted by Crippen LogP contribution is 2.37. The van der Waals surface area contributed by atoms with Crippen LogP contribution in [0.3, 0.4) is 0 Å². The number of rotatable bonds is 3. The molecule has 1 saturated carbocycles. The maximum atomic E-state index is 4.06. The van der Waals surface area contributed by atoms with E-state index in [0.717, 1.165) is 11.2 Å². The van der Waals surface area contributed by atoms with Crippen LogP contribution in [0, 0.1) is 5.92 Å². The first-order chi connectivity index (χ1) is 7.70. The van der Waals surface area contributed by atoms with Gasteiger partial charge in [-0.2, -0.15) is 0 Å². The van der Waals surface area contributed by atoms with E-state index in [1.807, 2.05) is 35.9 Å². The molecule has 5 heteroatoms. The summed E-state index contributed by atoms with van der Waals surface area (Å²) in [6, 6.07) is 0. The molecule has 0 aromatic heterocycles. The maximum Gasteiger partial charge on any atom is 0.184 e. The summed E-state index contributed by atoms with van der Waals surface area (Å²) in [6.07, 6.45) is 6.89. The van der Waals surface area contributed by atoms with E-state index in [4.69, 9.17) is 0 Å². The summed E-state index contributed by atoms with van der Waals surface area (Å²) >= 11 is 2.02. The number of nitrogens with zero attached hydrogens (tertiary/aromatic N) is 4. The molecular weight excluding hydrogens is 220 g/mol. The molecule has 4 nitrogen and oxygen atoms in total. The minimum Gasteiger partial charge on any atom is -0.247 e. The lowest BCUT2D eigenvalue weighted by atomic mass is 9.87. The molecule has 0 amide bonds. The van der Waals surface area contributed by atoms with E-state index in [2.05, 4.69) is 17.4 Å². The minimum absolute atomic E-state index is 0.308. The number of hydrogen-bond acceptors (Lipinski definition) is 5. The van der Waals surface area contributed by atoms with E-state index < -0.39 is 0 Å². The normalized spacial score (nSPS) is 31.4. The van der Waals surface area contributed by atoms with Crippen molar-refractivity contribution in [2.24, 2.45) is 16.4 Å². The van der Waals surface area contributed by atoms with Gasteiger partial charge in [0.05, 0.1) is 0 Å². The maximum absolute atomic E-state index is 4.06. The number of thioether (sulfide) groups is 1. The lowest BCUT2D eigenvalue weighted by Crippen LogP contribution is -2.33. The van der Waals surface area contributed by atoms with Crippen molar-refractivity contribution in [1.82, 2.24) is 10.0 Å². The average Bonchev–Trinajstić information content (AvgIpc) is 2.62. The van der Waals surface area contributed by atoms with Crippen LogP contribution in [-0.4, -0.2) is 34.9 Å². The van der Waals surface area contributed by atoms with E-state index in [1.54, 1.807) is 0 Å². The molecule has 0 aromatic rings. The molecule has 0 aromatic carbocycles. The van der Waals surface area contributed by atoms with Crippen molar-refractivity contribution in [3.63, 3.8) is 0 Å². The van der Waals surface area contributed by atoms with Gasteiger partial charge in [-0.1, -0.05) is 23.8 Å². The summed E-state index contributed by atoms with van der Waals surface area (Å²) in [5, 5.41) is 12.8. The van der Waals surface area contributed by atoms with E-state index in [-0.39, 0.29) is 0 Å². The topological polar surface area (TPSA) is 31.2 Å². The van der Waals surface area contributed by atoms with Gasteiger partial charge in [0, 0.05) is 19.3 Å². The molecule has 1 aliphatic heterocycles. The van der Waals surface area contributed by atoms with E-state index >= 15 is 0 Å². The molecule has 0 atom stereocenters. The van der Waals surface area contributed by atoms with E-state index in [9.17, 15) is 0 Å². The van der Waals surface area contributed by atoms with Gasteiger partial charge in [0.2, 0.25) is 0 Å². The lowest BCUT2D eigenvalue weighted by molar-refractivity contribution is 0.240. The molecule has 0 radical (unpaired) electrons. The third kappa shape index (κ3) is 2.62. The first-order valence-electron chi connectivity index (χ1n) is 6.23. The van der Waals surface area contributed by atoms with Crippen molar-refractivity contribution >= 4 is 11.8 Å². The van der Waals surface area contributed by atoms with Crippen molar-refractivity contribution in [3.05, 3.63) is 0 Å². The second-order valence-electron chi connectivity index (χ2n) is 4.84. The van der Waals surface area contributed by atoms with Gasteiger partial charge in [-0.25, -0.2) is 10.0 Å². The Labute approximate surface area is 102 Å². The summed E-state index contributed by atoms with van der Waals surface area (Å²) in [5.74, 6) is 0.977. The largest absolute Gasteiger partial charge is 0.247 e. The van der Waals surface area contributed by atoms with Crippen LogP contribution in [-0.2, 0) is 0 Å². The first kappa shape index (κ1) is 12.0. The Morgan fingerprint density at radius 2 is 1.62 bits per heavy atom. The fourth-order valence-corrected chi connectivity index (χ4v) is 3.81. The molecule has 0 unspecified atom stereocenters. The van der Waals surface area contributed by atoms with Gasteiger partial charge in [0.1, 0.15) is 0 Å². The molecule has 16 heavy (non-hydrogen) atoms. The Balaban J connectivity index is 1.78. The monoisotopic (exact) mass is 242 g/mol. The Morgan fingerprint density at radius 1 is 1.06 bits per heavy atom. The van der Waals surface area contributed by atoms with Gasteiger partial charge in [-0.15, -0.1) is 11.8 Å². The quantitative estimate of drug-likeness (QED) is 0.762. The second kappa shape index (κ2) is 5.25. The average molecular weight is 242 g/mol. The molecule has 1 heterocycles. The van der Waals surface area contributed by atoms with E-state index in [0.29, 0.717) is 5.50 Å². The van der Waals surface area contributed by atoms with Gasteiger partial charge in [0.15, 0.2) is 5.50 Å². The third-order valence-corrected chi connectivity index (χ3v) is 5.36. The zero-order chi connectivity index (χ0) is 11.5. The van der Waals surface area contributed by atoms with Crippen molar-refractivity contribution in [1.29, 1.82) is 0 Å². The van der Waals surface area contributed by atoms with E-state index in [1.165, 1.54) is 32.1 Å². The molecule has 0 bridgehead atoms. The Hall–Kier alpha value is -0.450. The molecule has 1 aliphatic carbocycles. The fourth-order valence-electron chi connectivity index (χ4n) is 2.48. The van der Waals surface area contributed by atoms with Crippen molar-refractivity contribution in [3.8, 4) is 0 Å². The molecule has 1 fully saturated rings. The summed E-state index contributed by atoms with van der Waals surface area (Å²) in [6.45, 7) is 2.31. The number of hydrogen-bond donors (Lipinski definition) is 0. The fraction of sp³-hybridized carbons (Fsp3) is 1.00. The predicted octanol–water partition coefficient (Wildman–Crippen LogP) is 3.13. The Kier molecular flexibility index (Phi) is 3.95. The molecule has 0 N–H and O–H groups in total. The zero-order valence-corrected chi connectivity index (χ0v) is 11.3. The van der Waals surface area contributed by atoms with Crippen LogP contribution in [0.2, 0.25) is 0 Å². The van der Waals surface area contributed by atoms with Crippen LogP contribution in [0.4, 0.5) is 0 Å². The second-order valence-corrected chi connectivity index (χ2v) is 6.20. The lowest BCUT2D eigenvalue weighted by Gasteiger charge is -2.31. The summed E-state index contributed by atoms with van der Waals surface area (Å²) in [5.41, 5.74) is 0.308.